The van der Waals surface area contributed by atoms with E-state index in [4.69, 9.17) is 4.74 Å². The molecule has 0 saturated carbocycles. The SMILES string of the molecule is CC(Br)C(=O)c1ccc(OCc2ccccc2)c(Br)c1. The zero-order valence-electron chi connectivity index (χ0n) is 11.0. The Bertz CT molecular complexity index is 595. The first-order valence-electron chi connectivity index (χ1n) is 6.22. The van der Waals surface area contributed by atoms with Crippen LogP contribution in [-0.4, -0.2) is 10.6 Å². The lowest BCUT2D eigenvalue weighted by molar-refractivity contribution is 0.0995. The van der Waals surface area contributed by atoms with Gasteiger partial charge in [-0.15, -0.1) is 0 Å². The molecule has 0 amide bonds. The number of rotatable bonds is 5. The second-order valence-corrected chi connectivity index (χ2v) is 6.63. The van der Waals surface area contributed by atoms with Gasteiger partial charge in [-0.25, -0.2) is 0 Å². The fraction of sp³-hybridized carbons (Fsp3) is 0.188. The highest BCUT2D eigenvalue weighted by molar-refractivity contribution is 9.10. The molecule has 0 saturated heterocycles. The molecule has 1 atom stereocenters. The Morgan fingerprint density at radius 3 is 2.50 bits per heavy atom. The number of ketones is 1. The van der Waals surface area contributed by atoms with E-state index in [1.807, 2.05) is 43.3 Å². The molecule has 0 aliphatic heterocycles. The summed E-state index contributed by atoms with van der Waals surface area (Å²) in [7, 11) is 0. The van der Waals surface area contributed by atoms with E-state index >= 15 is 0 Å². The van der Waals surface area contributed by atoms with Gasteiger partial charge in [0.05, 0.1) is 9.30 Å². The van der Waals surface area contributed by atoms with E-state index in [1.54, 1.807) is 12.1 Å². The van der Waals surface area contributed by atoms with Gasteiger partial charge < -0.3 is 4.74 Å². The van der Waals surface area contributed by atoms with Gasteiger partial charge in [0.1, 0.15) is 12.4 Å². The number of Topliss-reactive ketones (excluding diaryl/α,β-unsaturated/α-hetero) is 1. The molecule has 2 rings (SSSR count). The normalized spacial score (nSPS) is 11.9. The summed E-state index contributed by atoms with van der Waals surface area (Å²) in [6.45, 7) is 2.32. The van der Waals surface area contributed by atoms with Gasteiger partial charge in [0, 0.05) is 5.56 Å². The summed E-state index contributed by atoms with van der Waals surface area (Å²) < 4.78 is 6.53. The van der Waals surface area contributed by atoms with Crippen molar-refractivity contribution in [3.63, 3.8) is 0 Å². The summed E-state index contributed by atoms with van der Waals surface area (Å²) in [5.74, 6) is 0.785. The molecule has 1 unspecified atom stereocenters. The Morgan fingerprint density at radius 1 is 1.20 bits per heavy atom. The minimum absolute atomic E-state index is 0.0558. The molecule has 4 heteroatoms. The molecular weight excluding hydrogens is 384 g/mol. The topological polar surface area (TPSA) is 26.3 Å². The summed E-state index contributed by atoms with van der Waals surface area (Å²) in [5.41, 5.74) is 1.77. The van der Waals surface area contributed by atoms with Gasteiger partial charge in [-0.3, -0.25) is 4.79 Å². The minimum Gasteiger partial charge on any atom is -0.488 e. The van der Waals surface area contributed by atoms with Crippen LogP contribution < -0.4 is 4.74 Å². The number of ether oxygens (including phenoxy) is 1. The van der Waals surface area contributed by atoms with Crippen molar-refractivity contribution in [3.8, 4) is 5.75 Å². The average molecular weight is 398 g/mol. The van der Waals surface area contributed by atoms with E-state index in [0.717, 1.165) is 15.8 Å². The highest BCUT2D eigenvalue weighted by atomic mass is 79.9. The first kappa shape index (κ1) is 15.3. The minimum atomic E-state index is -0.189. The molecule has 2 aromatic rings. The Labute approximate surface area is 135 Å². The summed E-state index contributed by atoms with van der Waals surface area (Å²) in [5, 5.41) is 0. The monoisotopic (exact) mass is 396 g/mol. The Morgan fingerprint density at radius 2 is 1.90 bits per heavy atom. The predicted molar refractivity (Wildman–Crippen MR) is 87.6 cm³/mol. The number of hydrogen-bond acceptors (Lipinski definition) is 2. The number of halogens is 2. The molecule has 0 radical (unpaired) electrons. The van der Waals surface area contributed by atoms with Gasteiger partial charge in [-0.2, -0.15) is 0 Å². The van der Waals surface area contributed by atoms with Crippen LogP contribution in [0.1, 0.15) is 22.8 Å². The van der Waals surface area contributed by atoms with Gasteiger partial charge in [0.15, 0.2) is 5.78 Å². The van der Waals surface area contributed by atoms with E-state index in [2.05, 4.69) is 31.9 Å². The molecule has 0 bridgehead atoms. The maximum atomic E-state index is 11.9. The van der Waals surface area contributed by atoms with Crippen molar-refractivity contribution < 1.29 is 9.53 Å². The van der Waals surface area contributed by atoms with E-state index in [0.29, 0.717) is 12.2 Å². The molecule has 0 heterocycles. The summed E-state index contributed by atoms with van der Waals surface area (Å²) >= 11 is 6.73. The van der Waals surface area contributed by atoms with Crippen molar-refractivity contribution in [3.05, 3.63) is 64.1 Å². The highest BCUT2D eigenvalue weighted by Crippen LogP contribution is 2.27. The fourth-order valence-electron chi connectivity index (χ4n) is 1.74. The molecule has 20 heavy (non-hydrogen) atoms. The van der Waals surface area contributed by atoms with E-state index in [9.17, 15) is 4.79 Å². The van der Waals surface area contributed by atoms with Gasteiger partial charge in [0.25, 0.3) is 0 Å². The Hall–Kier alpha value is -1.13. The maximum Gasteiger partial charge on any atom is 0.176 e. The Balaban J connectivity index is 2.08. The van der Waals surface area contributed by atoms with Crippen LogP contribution in [0.2, 0.25) is 0 Å². The first-order valence-corrected chi connectivity index (χ1v) is 7.93. The van der Waals surface area contributed by atoms with Crippen LogP contribution in [0.25, 0.3) is 0 Å². The van der Waals surface area contributed by atoms with E-state index in [-0.39, 0.29) is 10.6 Å². The summed E-state index contributed by atoms with van der Waals surface area (Å²) in [6, 6.07) is 15.3. The highest BCUT2D eigenvalue weighted by Gasteiger charge is 2.13. The zero-order chi connectivity index (χ0) is 14.5. The molecule has 104 valence electrons. The van der Waals surface area contributed by atoms with Crippen LogP contribution in [0.4, 0.5) is 0 Å². The van der Waals surface area contributed by atoms with Gasteiger partial charge >= 0.3 is 0 Å². The van der Waals surface area contributed by atoms with Crippen LogP contribution in [-0.2, 0) is 6.61 Å². The van der Waals surface area contributed by atoms with Crippen molar-refractivity contribution in [2.24, 2.45) is 0 Å². The third-order valence-electron chi connectivity index (χ3n) is 2.81. The van der Waals surface area contributed by atoms with Crippen molar-refractivity contribution in [1.82, 2.24) is 0 Å². The average Bonchev–Trinajstić information content (AvgIpc) is 2.46. The van der Waals surface area contributed by atoms with Gasteiger partial charge in [-0.05, 0) is 46.6 Å². The van der Waals surface area contributed by atoms with Crippen molar-refractivity contribution in [2.45, 2.75) is 18.4 Å². The number of benzene rings is 2. The lowest BCUT2D eigenvalue weighted by atomic mass is 10.1. The van der Waals surface area contributed by atoms with Crippen LogP contribution >= 0.6 is 31.9 Å². The second kappa shape index (κ2) is 7.04. The molecule has 0 aliphatic carbocycles. The molecule has 2 nitrogen and oxygen atoms in total. The summed E-state index contributed by atoms with van der Waals surface area (Å²) in [4.78, 5) is 11.7. The Kier molecular flexibility index (Phi) is 5.38. The van der Waals surface area contributed by atoms with Crippen LogP contribution in [0.5, 0.6) is 5.75 Å². The van der Waals surface area contributed by atoms with Crippen molar-refractivity contribution in [2.75, 3.05) is 0 Å². The zero-order valence-corrected chi connectivity index (χ0v) is 14.1. The standard InChI is InChI=1S/C16H14Br2O2/c1-11(17)16(19)13-7-8-15(14(18)9-13)20-10-12-5-3-2-4-6-12/h2-9,11H,10H2,1H3. The van der Waals surface area contributed by atoms with E-state index < -0.39 is 0 Å². The third kappa shape index (κ3) is 3.93. The number of carbonyl (C=O) groups is 1. The van der Waals surface area contributed by atoms with Gasteiger partial charge in [-0.1, -0.05) is 46.3 Å². The first-order chi connectivity index (χ1) is 9.58. The lowest BCUT2D eigenvalue weighted by Crippen LogP contribution is -2.09. The fourth-order valence-corrected chi connectivity index (χ4v) is 2.49. The van der Waals surface area contributed by atoms with Gasteiger partial charge in [0.2, 0.25) is 0 Å². The number of carbonyl (C=O) groups excluding carboxylic acids is 1. The van der Waals surface area contributed by atoms with Crippen molar-refractivity contribution in [1.29, 1.82) is 0 Å². The third-order valence-corrected chi connectivity index (χ3v) is 3.85. The molecule has 0 aliphatic rings. The molecular formula is C16H14Br2O2. The molecule has 0 N–H and O–H groups in total. The van der Waals surface area contributed by atoms with Crippen LogP contribution in [0.15, 0.2) is 53.0 Å². The quantitative estimate of drug-likeness (QED) is 0.524. The molecule has 0 fully saturated rings. The molecule has 2 aromatic carbocycles. The number of hydrogen-bond donors (Lipinski definition) is 0. The molecule has 0 aromatic heterocycles. The molecule has 0 spiro atoms. The number of alkyl halides is 1. The second-order valence-electron chi connectivity index (χ2n) is 4.40. The largest absolute Gasteiger partial charge is 0.488 e. The lowest BCUT2D eigenvalue weighted by Gasteiger charge is -2.10. The van der Waals surface area contributed by atoms with Crippen LogP contribution in [0.3, 0.4) is 0 Å². The summed E-state index contributed by atoms with van der Waals surface area (Å²) in [6.07, 6.45) is 0. The van der Waals surface area contributed by atoms with Crippen molar-refractivity contribution >= 4 is 37.6 Å². The van der Waals surface area contributed by atoms with E-state index in [1.165, 1.54) is 0 Å². The predicted octanol–water partition coefficient (Wildman–Crippen LogP) is 4.99. The smallest absolute Gasteiger partial charge is 0.176 e. The maximum absolute atomic E-state index is 11.9. The van der Waals surface area contributed by atoms with Crippen LogP contribution in [0, 0.1) is 0 Å².